The zero-order chi connectivity index (χ0) is 21.4. The third kappa shape index (κ3) is 5.99. The maximum Gasteiger partial charge on any atom is 0.322 e. The lowest BCUT2D eigenvalue weighted by Gasteiger charge is -2.21. The van der Waals surface area contributed by atoms with Crippen LogP contribution in [0.15, 0.2) is 6.33 Å². The van der Waals surface area contributed by atoms with Crippen LogP contribution in [0.5, 0.6) is 0 Å². The number of carbonyl (C=O) groups excluding carboxylic acids is 1. The summed E-state index contributed by atoms with van der Waals surface area (Å²) in [6.07, 6.45) is 2.25. The van der Waals surface area contributed by atoms with Crippen molar-refractivity contribution in [1.29, 1.82) is 0 Å². The van der Waals surface area contributed by atoms with E-state index < -0.39 is 6.04 Å². The fraction of sp³-hybridized carbons (Fsp3) is 0.667. The van der Waals surface area contributed by atoms with Gasteiger partial charge in [-0.25, -0.2) is 4.98 Å². The van der Waals surface area contributed by atoms with Gasteiger partial charge in [-0.15, -0.1) is 0 Å². The zero-order valence-electron chi connectivity index (χ0n) is 17.6. The Balaban J connectivity index is 1.91. The standard InChI is InChI=1S/C18H31N7O4/c1-6-29-17(26)12(3)22-10-28-8-13(27-5)7-11(2)25-9-21-14-15(20-4)23-18(19)24-16(14)25/h9,11-13,22H,6-8,10H2,1-5H3,(H3,19,20,23,24)/t11-,12-,13-/m0/s1. The SMILES string of the molecule is CCOC(=O)[C@H](C)NCOC[C@H](C[C@H](C)n1cnc2c(NC)nc(N)nc21)OC. The minimum Gasteiger partial charge on any atom is -0.465 e. The van der Waals surface area contributed by atoms with E-state index in [1.165, 1.54) is 0 Å². The van der Waals surface area contributed by atoms with Gasteiger partial charge in [0.15, 0.2) is 17.0 Å². The average Bonchev–Trinajstić information content (AvgIpc) is 3.13. The van der Waals surface area contributed by atoms with E-state index in [2.05, 4.69) is 25.6 Å². The summed E-state index contributed by atoms with van der Waals surface area (Å²) in [5.41, 5.74) is 7.14. The Morgan fingerprint density at radius 1 is 1.34 bits per heavy atom. The normalized spacial score (nSPS) is 14.5. The van der Waals surface area contributed by atoms with Gasteiger partial charge in [-0.2, -0.15) is 9.97 Å². The Morgan fingerprint density at radius 2 is 2.10 bits per heavy atom. The number of nitrogens with two attached hydrogens (primary N) is 1. The highest BCUT2D eigenvalue weighted by molar-refractivity contribution is 5.84. The molecule has 0 unspecified atom stereocenters. The summed E-state index contributed by atoms with van der Waals surface area (Å²) in [7, 11) is 3.40. The van der Waals surface area contributed by atoms with Gasteiger partial charge in [0, 0.05) is 20.2 Å². The van der Waals surface area contributed by atoms with Gasteiger partial charge < -0.3 is 29.8 Å². The number of ether oxygens (including phenoxy) is 3. The molecule has 0 aliphatic rings. The largest absolute Gasteiger partial charge is 0.465 e. The number of esters is 1. The molecule has 0 radical (unpaired) electrons. The summed E-state index contributed by atoms with van der Waals surface area (Å²) in [5, 5.41) is 5.95. The van der Waals surface area contributed by atoms with Crippen LogP contribution in [0.2, 0.25) is 0 Å². The third-order valence-corrected chi connectivity index (χ3v) is 4.52. The molecule has 4 N–H and O–H groups in total. The van der Waals surface area contributed by atoms with Gasteiger partial charge in [0.1, 0.15) is 6.04 Å². The molecular weight excluding hydrogens is 378 g/mol. The van der Waals surface area contributed by atoms with E-state index in [4.69, 9.17) is 19.9 Å². The van der Waals surface area contributed by atoms with E-state index in [0.717, 1.165) is 0 Å². The van der Waals surface area contributed by atoms with E-state index in [9.17, 15) is 4.79 Å². The molecule has 0 bridgehead atoms. The maximum absolute atomic E-state index is 11.6. The topological polar surface area (TPSA) is 138 Å². The van der Waals surface area contributed by atoms with Crippen LogP contribution in [0, 0.1) is 0 Å². The van der Waals surface area contributed by atoms with Crippen LogP contribution in [0.1, 0.15) is 33.2 Å². The van der Waals surface area contributed by atoms with Crippen LogP contribution in [-0.4, -0.2) is 71.7 Å². The summed E-state index contributed by atoms with van der Waals surface area (Å²) < 4.78 is 18.1. The van der Waals surface area contributed by atoms with Gasteiger partial charge >= 0.3 is 5.97 Å². The van der Waals surface area contributed by atoms with Crippen molar-refractivity contribution in [2.75, 3.05) is 45.2 Å². The van der Waals surface area contributed by atoms with Crippen molar-refractivity contribution < 1.29 is 19.0 Å². The Labute approximate surface area is 170 Å². The van der Waals surface area contributed by atoms with Crippen molar-refractivity contribution in [2.24, 2.45) is 0 Å². The molecule has 2 aromatic rings. The first-order valence-corrected chi connectivity index (χ1v) is 9.59. The lowest BCUT2D eigenvalue weighted by Crippen LogP contribution is -2.37. The highest BCUT2D eigenvalue weighted by Gasteiger charge is 2.19. The lowest BCUT2D eigenvalue weighted by atomic mass is 10.1. The number of anilines is 2. The Kier molecular flexibility index (Phi) is 8.55. The molecule has 0 saturated heterocycles. The number of carbonyl (C=O) groups is 1. The van der Waals surface area contributed by atoms with E-state index in [-0.39, 0.29) is 30.8 Å². The van der Waals surface area contributed by atoms with Crippen LogP contribution in [0.4, 0.5) is 11.8 Å². The molecule has 2 heterocycles. The average molecular weight is 409 g/mol. The minimum absolute atomic E-state index is 0.0407. The number of fused-ring (bicyclic) bond motifs is 1. The molecule has 162 valence electrons. The van der Waals surface area contributed by atoms with E-state index >= 15 is 0 Å². The lowest BCUT2D eigenvalue weighted by molar-refractivity contribution is -0.145. The van der Waals surface area contributed by atoms with Crippen molar-refractivity contribution in [2.45, 2.75) is 45.4 Å². The summed E-state index contributed by atoms with van der Waals surface area (Å²) in [4.78, 5) is 24.5. The number of imidazole rings is 1. The molecule has 29 heavy (non-hydrogen) atoms. The van der Waals surface area contributed by atoms with Gasteiger partial charge in [0.05, 0.1) is 32.4 Å². The molecule has 0 spiro atoms. The van der Waals surface area contributed by atoms with Crippen molar-refractivity contribution in [3.05, 3.63) is 6.33 Å². The van der Waals surface area contributed by atoms with Crippen LogP contribution >= 0.6 is 0 Å². The van der Waals surface area contributed by atoms with Crippen molar-refractivity contribution in [3.63, 3.8) is 0 Å². The highest BCUT2D eigenvalue weighted by Crippen LogP contribution is 2.24. The first-order chi connectivity index (χ1) is 13.9. The molecule has 2 rings (SSSR count). The van der Waals surface area contributed by atoms with Gasteiger partial charge in [0.2, 0.25) is 5.95 Å². The van der Waals surface area contributed by atoms with Gasteiger partial charge in [-0.3, -0.25) is 10.1 Å². The van der Waals surface area contributed by atoms with E-state index in [1.807, 2.05) is 11.5 Å². The molecule has 0 fully saturated rings. The molecule has 11 heteroatoms. The summed E-state index contributed by atoms with van der Waals surface area (Å²) in [6.45, 7) is 6.49. The fourth-order valence-electron chi connectivity index (χ4n) is 2.88. The number of hydrogen-bond acceptors (Lipinski definition) is 10. The predicted octanol–water partition coefficient (Wildman–Crippen LogP) is 0.932. The number of rotatable bonds is 12. The number of aromatic nitrogens is 4. The quantitative estimate of drug-likeness (QED) is 0.263. The molecule has 0 saturated carbocycles. The fourth-order valence-corrected chi connectivity index (χ4v) is 2.88. The number of nitrogen functional groups attached to an aromatic ring is 1. The maximum atomic E-state index is 11.6. The van der Waals surface area contributed by atoms with Crippen molar-refractivity contribution in [1.82, 2.24) is 24.8 Å². The van der Waals surface area contributed by atoms with Crippen molar-refractivity contribution >= 4 is 28.9 Å². The van der Waals surface area contributed by atoms with Crippen molar-refractivity contribution in [3.8, 4) is 0 Å². The summed E-state index contributed by atoms with van der Waals surface area (Å²) >= 11 is 0. The number of nitrogens with one attached hydrogen (secondary N) is 2. The molecule has 0 aromatic carbocycles. The molecule has 0 aliphatic carbocycles. The van der Waals surface area contributed by atoms with Gasteiger partial charge in [-0.1, -0.05) is 0 Å². The van der Waals surface area contributed by atoms with Crippen LogP contribution in [0.3, 0.4) is 0 Å². The van der Waals surface area contributed by atoms with E-state index in [0.29, 0.717) is 36.6 Å². The van der Waals surface area contributed by atoms with Gasteiger partial charge in [0.25, 0.3) is 0 Å². The number of hydrogen-bond donors (Lipinski definition) is 3. The van der Waals surface area contributed by atoms with Gasteiger partial charge in [-0.05, 0) is 27.2 Å². The highest BCUT2D eigenvalue weighted by atomic mass is 16.5. The predicted molar refractivity (Wildman–Crippen MR) is 109 cm³/mol. The molecule has 0 aliphatic heterocycles. The second kappa shape index (κ2) is 10.9. The minimum atomic E-state index is -0.432. The summed E-state index contributed by atoms with van der Waals surface area (Å²) in [6, 6.07) is -0.391. The third-order valence-electron chi connectivity index (χ3n) is 4.52. The number of methoxy groups -OCH3 is 1. The zero-order valence-corrected chi connectivity index (χ0v) is 17.6. The van der Waals surface area contributed by atoms with Crippen LogP contribution in [-0.2, 0) is 19.0 Å². The smallest absolute Gasteiger partial charge is 0.322 e. The number of nitrogens with zero attached hydrogens (tertiary/aromatic N) is 4. The second-order valence-electron chi connectivity index (χ2n) is 6.64. The Bertz CT molecular complexity index is 798. The van der Waals surface area contributed by atoms with Crippen LogP contribution in [0.25, 0.3) is 11.2 Å². The molecular formula is C18H31N7O4. The first kappa shape index (κ1) is 22.8. The molecule has 2 aromatic heterocycles. The molecule has 11 nitrogen and oxygen atoms in total. The molecule has 3 atom stereocenters. The summed E-state index contributed by atoms with van der Waals surface area (Å²) in [5.74, 6) is 0.471. The monoisotopic (exact) mass is 409 g/mol. The first-order valence-electron chi connectivity index (χ1n) is 9.59. The second-order valence-corrected chi connectivity index (χ2v) is 6.64. The van der Waals surface area contributed by atoms with Crippen LogP contribution < -0.4 is 16.4 Å². The van der Waals surface area contributed by atoms with E-state index in [1.54, 1.807) is 34.3 Å². The molecule has 0 amide bonds. The Morgan fingerprint density at radius 3 is 2.76 bits per heavy atom. The Hall–Kier alpha value is -2.50.